The van der Waals surface area contributed by atoms with Gasteiger partial charge in [-0.05, 0) is 108 Å². The average Bonchev–Trinajstić information content (AvgIpc) is 3.20. The van der Waals surface area contributed by atoms with Gasteiger partial charge in [0.2, 0.25) is 5.91 Å². The number of methoxy groups -OCH3 is 2. The number of ketones is 2. The number of nitrogen functional groups attached to an aromatic ring is 1. The van der Waals surface area contributed by atoms with Gasteiger partial charge in [0.1, 0.15) is 23.1 Å². The van der Waals surface area contributed by atoms with Crippen LogP contribution in [0.1, 0.15) is 52.6 Å². The second-order valence-corrected chi connectivity index (χ2v) is 13.5. The number of halogens is 4. The maximum atomic E-state index is 15.3. The topological polar surface area (TPSA) is 151 Å². The van der Waals surface area contributed by atoms with Crippen LogP contribution in [-0.4, -0.2) is 43.6 Å². The van der Waals surface area contributed by atoms with Crippen molar-refractivity contribution < 1.29 is 47.0 Å². The smallest absolute Gasteiger partial charge is 0.310 e. The molecule has 3 N–H and O–H groups in total. The van der Waals surface area contributed by atoms with Crippen molar-refractivity contribution in [3.8, 4) is 33.8 Å². The average molecular weight is 856 g/mol. The van der Waals surface area contributed by atoms with E-state index < -0.39 is 35.1 Å². The van der Waals surface area contributed by atoms with Gasteiger partial charge in [-0.15, -0.1) is 0 Å². The molecule has 0 fully saturated rings. The summed E-state index contributed by atoms with van der Waals surface area (Å²) in [5, 5.41) is 3.53. The molecule has 6 aromatic carbocycles. The fraction of sp³-hybridized carbons (Fsp3) is 0.109. The molecule has 0 radical (unpaired) electrons. The Morgan fingerprint density at radius 2 is 0.967 bits per heavy atom. The number of hydrogen-bond acceptors (Lipinski definition) is 9. The highest BCUT2D eigenvalue weighted by molar-refractivity contribution is 6.31. The zero-order valence-corrected chi connectivity index (χ0v) is 34.4. The Bertz CT molecular complexity index is 2530. The number of nitrogens with two attached hydrogens (primary N) is 1. The molecule has 308 valence electrons. The molecule has 10 nitrogen and oxygen atoms in total. The van der Waals surface area contributed by atoms with E-state index in [-0.39, 0.29) is 28.2 Å². The fourth-order valence-electron chi connectivity index (χ4n) is 5.69. The predicted octanol–water partition coefficient (Wildman–Crippen LogP) is 10.4. The Morgan fingerprint density at radius 3 is 1.30 bits per heavy atom. The van der Waals surface area contributed by atoms with Crippen LogP contribution in [0.25, 0.3) is 22.3 Å². The molecule has 0 aliphatic rings. The maximum absolute atomic E-state index is 15.3. The lowest BCUT2D eigenvalue weighted by atomic mass is 9.96. The van der Waals surface area contributed by atoms with Gasteiger partial charge in [0.05, 0.1) is 36.5 Å². The van der Waals surface area contributed by atoms with Gasteiger partial charge in [-0.3, -0.25) is 24.0 Å². The number of carbonyl (C=O) groups excluding carboxylic acids is 5. The van der Waals surface area contributed by atoms with E-state index in [0.717, 1.165) is 0 Å². The van der Waals surface area contributed by atoms with Crippen LogP contribution in [0.15, 0.2) is 121 Å². The molecule has 0 aromatic heterocycles. The van der Waals surface area contributed by atoms with Crippen LogP contribution in [0.2, 0.25) is 10.0 Å². The lowest BCUT2D eigenvalue weighted by molar-refractivity contribution is -0.156. The summed E-state index contributed by atoms with van der Waals surface area (Å²) >= 11 is 12.0. The number of nitrogens with one attached hydrogen (secondary N) is 1. The monoisotopic (exact) mass is 854 g/mol. The number of ether oxygens (including phenoxy) is 3. The molecule has 0 bridgehead atoms. The summed E-state index contributed by atoms with van der Waals surface area (Å²) < 4.78 is 45.0. The second kappa shape index (κ2) is 21.2. The molecule has 6 aromatic rings. The molecule has 1 amide bonds. The number of benzene rings is 6. The summed E-state index contributed by atoms with van der Waals surface area (Å²) in [6, 6.07) is 32.0. The summed E-state index contributed by atoms with van der Waals surface area (Å²) in [5.74, 6) is -2.94. The standard InChI is InChI=1S/C22H17ClFNO3.C20H15ClFNO2.C4H6O3/c1-13(26)25-17-8-6-14(7-9-17)22(27)18-10-11-19(28-2)20(21(18)24)15-4-3-5-16(23)12-15;1-25-17-10-9-16(20(24)12-5-7-15(23)8-6-12)19(22)18(17)13-3-2-4-14(21)11-13;1-3(5)7-4(2)6/h3-12H,1-2H3,(H,25,26);2-11H,23H2,1H3;1-2H3. The normalized spacial score (nSPS) is 10.2. The first-order chi connectivity index (χ1) is 28.5. The lowest BCUT2D eigenvalue weighted by Gasteiger charge is -2.13. The summed E-state index contributed by atoms with van der Waals surface area (Å²) in [4.78, 5) is 56.3. The van der Waals surface area contributed by atoms with Crippen molar-refractivity contribution in [2.75, 3.05) is 25.3 Å². The maximum Gasteiger partial charge on any atom is 0.310 e. The van der Waals surface area contributed by atoms with Gasteiger partial charge in [0.25, 0.3) is 0 Å². The van der Waals surface area contributed by atoms with Gasteiger partial charge >= 0.3 is 11.9 Å². The molecule has 60 heavy (non-hydrogen) atoms. The van der Waals surface area contributed by atoms with Crippen molar-refractivity contribution >= 4 is 64.0 Å². The van der Waals surface area contributed by atoms with Crippen molar-refractivity contribution in [2.45, 2.75) is 20.8 Å². The Morgan fingerprint density at radius 1 is 0.567 bits per heavy atom. The van der Waals surface area contributed by atoms with Crippen LogP contribution >= 0.6 is 23.2 Å². The van der Waals surface area contributed by atoms with E-state index in [2.05, 4.69) is 10.1 Å². The van der Waals surface area contributed by atoms with Crippen LogP contribution in [0.4, 0.5) is 20.2 Å². The highest BCUT2D eigenvalue weighted by atomic mass is 35.5. The van der Waals surface area contributed by atoms with Gasteiger partial charge in [-0.1, -0.05) is 47.5 Å². The molecule has 0 spiro atoms. The second-order valence-electron chi connectivity index (χ2n) is 12.7. The molecular weight excluding hydrogens is 817 g/mol. The van der Waals surface area contributed by atoms with E-state index in [4.69, 9.17) is 38.4 Å². The zero-order valence-electron chi connectivity index (χ0n) is 32.9. The number of anilines is 2. The third-order valence-corrected chi connectivity index (χ3v) is 8.76. The first-order valence-corrected chi connectivity index (χ1v) is 18.6. The van der Waals surface area contributed by atoms with E-state index in [9.17, 15) is 24.0 Å². The highest BCUT2D eigenvalue weighted by Crippen LogP contribution is 2.37. The quantitative estimate of drug-likeness (QED) is 0.0627. The highest BCUT2D eigenvalue weighted by Gasteiger charge is 2.23. The molecular formula is C46H38Cl2F2N2O8. The van der Waals surface area contributed by atoms with Crippen LogP contribution in [0.5, 0.6) is 11.5 Å². The third-order valence-electron chi connectivity index (χ3n) is 8.29. The van der Waals surface area contributed by atoms with Crippen LogP contribution in [0, 0.1) is 11.6 Å². The molecule has 14 heteroatoms. The molecule has 6 rings (SSSR count). The fourth-order valence-corrected chi connectivity index (χ4v) is 6.07. The zero-order chi connectivity index (χ0) is 44.1. The summed E-state index contributed by atoms with van der Waals surface area (Å²) in [5.41, 5.74) is 8.68. The van der Waals surface area contributed by atoms with Crippen molar-refractivity contribution in [2.24, 2.45) is 0 Å². The minimum absolute atomic E-state index is 0.0412. The number of rotatable bonds is 9. The number of esters is 2. The number of carbonyl (C=O) groups is 5. The Kier molecular flexibility index (Phi) is 16.2. The first kappa shape index (κ1) is 45.8. The molecule has 0 saturated carbocycles. The van der Waals surface area contributed by atoms with Crippen molar-refractivity contribution in [1.29, 1.82) is 0 Å². The molecule has 0 heterocycles. The molecule has 0 unspecified atom stereocenters. The SMILES string of the molecule is CC(=O)OC(C)=O.COc1ccc(C(=O)c2ccc(N)cc2)c(F)c1-c1cccc(Cl)c1.COc1ccc(C(=O)c2ccc(NC(C)=O)cc2)c(F)c1-c1cccc(Cl)c1. The minimum Gasteiger partial charge on any atom is -0.496 e. The summed E-state index contributed by atoms with van der Waals surface area (Å²) in [7, 11) is 2.88. The number of amides is 1. The summed E-state index contributed by atoms with van der Waals surface area (Å²) in [6.07, 6.45) is 0. The Hall–Kier alpha value is -6.89. The first-order valence-electron chi connectivity index (χ1n) is 17.8. The molecule has 0 atom stereocenters. The van der Waals surface area contributed by atoms with E-state index in [0.29, 0.717) is 55.2 Å². The van der Waals surface area contributed by atoms with E-state index in [1.165, 1.54) is 59.3 Å². The minimum atomic E-state index is -0.683. The molecule has 0 aliphatic carbocycles. The van der Waals surface area contributed by atoms with Crippen molar-refractivity contribution in [1.82, 2.24) is 0 Å². The predicted molar refractivity (Wildman–Crippen MR) is 228 cm³/mol. The number of hydrogen-bond donors (Lipinski definition) is 2. The Labute approximate surface area is 354 Å². The van der Waals surface area contributed by atoms with Crippen molar-refractivity contribution in [3.63, 3.8) is 0 Å². The van der Waals surface area contributed by atoms with Gasteiger partial charge in [0.15, 0.2) is 11.6 Å². The third kappa shape index (κ3) is 12.1. The van der Waals surface area contributed by atoms with Gasteiger partial charge in [-0.2, -0.15) is 0 Å². The van der Waals surface area contributed by atoms with Gasteiger partial charge in [-0.25, -0.2) is 8.78 Å². The van der Waals surface area contributed by atoms with Crippen molar-refractivity contribution in [3.05, 3.63) is 165 Å². The Balaban J connectivity index is 0.000000230. The molecule has 0 saturated heterocycles. The van der Waals surface area contributed by atoms with E-state index >= 15 is 8.78 Å². The summed E-state index contributed by atoms with van der Waals surface area (Å²) in [6.45, 7) is 3.76. The van der Waals surface area contributed by atoms with Crippen LogP contribution in [0.3, 0.4) is 0 Å². The van der Waals surface area contributed by atoms with Crippen LogP contribution in [-0.2, 0) is 19.1 Å². The van der Waals surface area contributed by atoms with E-state index in [1.807, 2.05) is 0 Å². The van der Waals surface area contributed by atoms with Gasteiger partial charge < -0.3 is 25.3 Å². The van der Waals surface area contributed by atoms with Gasteiger partial charge in [0, 0.05) is 53.3 Å². The lowest BCUT2D eigenvalue weighted by Crippen LogP contribution is -2.08. The largest absolute Gasteiger partial charge is 0.496 e. The van der Waals surface area contributed by atoms with Crippen LogP contribution < -0.4 is 20.5 Å². The molecule has 0 aliphatic heterocycles. The van der Waals surface area contributed by atoms with E-state index in [1.54, 1.807) is 97.1 Å².